The Hall–Kier alpha value is -2.28. The van der Waals surface area contributed by atoms with Gasteiger partial charge in [0.25, 0.3) is 0 Å². The lowest BCUT2D eigenvalue weighted by molar-refractivity contribution is -0.122. The number of hydrogen-bond acceptors (Lipinski definition) is 3. The zero-order valence-corrected chi connectivity index (χ0v) is 15.7. The van der Waals surface area contributed by atoms with E-state index in [0.717, 1.165) is 42.7 Å². The van der Waals surface area contributed by atoms with Crippen molar-refractivity contribution in [1.29, 1.82) is 0 Å². The van der Waals surface area contributed by atoms with Gasteiger partial charge in [-0.3, -0.25) is 4.79 Å². The Morgan fingerprint density at radius 1 is 0.963 bits per heavy atom. The van der Waals surface area contributed by atoms with E-state index < -0.39 is 32.4 Å². The molecule has 3 rings (SSSR count). The lowest BCUT2D eigenvalue weighted by atomic mass is 9.88. The maximum atomic E-state index is 13.3. The van der Waals surface area contributed by atoms with Gasteiger partial charge in [0.05, 0.1) is 10.4 Å². The van der Waals surface area contributed by atoms with Crippen molar-refractivity contribution in [3.63, 3.8) is 0 Å². The van der Waals surface area contributed by atoms with E-state index in [2.05, 4.69) is 5.32 Å². The van der Waals surface area contributed by atoms with Crippen LogP contribution in [0.4, 0.5) is 8.78 Å². The van der Waals surface area contributed by atoms with Crippen LogP contribution in [0.25, 0.3) is 0 Å². The standard InChI is InChI=1S/C20H21F2NO3S/c1-14(27(25,26)18-10-8-17(22)9-11-18)19(24)23-20(12-2-3-13-20)15-4-6-16(21)7-5-15/h4-11,14H,2-3,12-13H2,1H3,(H,23,24). The van der Waals surface area contributed by atoms with Crippen LogP contribution in [-0.2, 0) is 20.2 Å². The first-order valence-electron chi connectivity index (χ1n) is 8.82. The molecule has 4 nitrogen and oxygen atoms in total. The van der Waals surface area contributed by atoms with Gasteiger partial charge in [0.15, 0.2) is 9.84 Å². The lowest BCUT2D eigenvalue weighted by Crippen LogP contribution is -2.49. The molecule has 1 fully saturated rings. The van der Waals surface area contributed by atoms with Crippen molar-refractivity contribution in [3.05, 3.63) is 65.7 Å². The number of sulfone groups is 1. The highest BCUT2D eigenvalue weighted by atomic mass is 32.2. The molecule has 1 amide bonds. The van der Waals surface area contributed by atoms with E-state index in [4.69, 9.17) is 0 Å². The largest absolute Gasteiger partial charge is 0.345 e. The first-order chi connectivity index (χ1) is 12.7. The van der Waals surface area contributed by atoms with E-state index in [1.807, 2.05) is 0 Å². The highest BCUT2D eigenvalue weighted by molar-refractivity contribution is 7.92. The summed E-state index contributed by atoms with van der Waals surface area (Å²) in [6, 6.07) is 10.3. The number of amides is 1. The summed E-state index contributed by atoms with van der Waals surface area (Å²) in [5.74, 6) is -1.54. The molecule has 1 N–H and O–H groups in total. The maximum absolute atomic E-state index is 13.3. The van der Waals surface area contributed by atoms with Gasteiger partial charge in [0.2, 0.25) is 5.91 Å². The molecular formula is C20H21F2NO3S. The Labute approximate surface area is 157 Å². The minimum atomic E-state index is -3.95. The van der Waals surface area contributed by atoms with Crippen molar-refractivity contribution in [1.82, 2.24) is 5.32 Å². The summed E-state index contributed by atoms with van der Waals surface area (Å²) in [5, 5.41) is 1.57. The summed E-state index contributed by atoms with van der Waals surface area (Å²) < 4.78 is 51.8. The molecule has 7 heteroatoms. The van der Waals surface area contributed by atoms with Crippen molar-refractivity contribution in [2.75, 3.05) is 0 Å². The Morgan fingerprint density at radius 3 is 1.96 bits per heavy atom. The van der Waals surface area contributed by atoms with E-state index in [1.165, 1.54) is 19.1 Å². The summed E-state index contributed by atoms with van der Waals surface area (Å²) in [6.45, 7) is 1.32. The second-order valence-corrected chi connectivity index (χ2v) is 9.20. The first-order valence-corrected chi connectivity index (χ1v) is 10.4. The third-order valence-corrected chi connectivity index (χ3v) is 7.27. The zero-order chi connectivity index (χ0) is 19.7. The van der Waals surface area contributed by atoms with Crippen LogP contribution in [0.5, 0.6) is 0 Å². The Balaban J connectivity index is 1.85. The van der Waals surface area contributed by atoms with Gasteiger partial charge in [0, 0.05) is 0 Å². The molecule has 1 aliphatic carbocycles. The van der Waals surface area contributed by atoms with Crippen LogP contribution in [0.15, 0.2) is 53.4 Å². The van der Waals surface area contributed by atoms with Gasteiger partial charge >= 0.3 is 0 Å². The topological polar surface area (TPSA) is 63.2 Å². The quantitative estimate of drug-likeness (QED) is 0.788. The Kier molecular flexibility index (Phi) is 5.33. The van der Waals surface area contributed by atoms with Crippen LogP contribution in [-0.4, -0.2) is 19.6 Å². The minimum absolute atomic E-state index is 0.103. The molecule has 144 valence electrons. The van der Waals surface area contributed by atoms with Crippen LogP contribution in [0.1, 0.15) is 38.2 Å². The molecular weight excluding hydrogens is 372 g/mol. The van der Waals surface area contributed by atoms with Crippen LogP contribution >= 0.6 is 0 Å². The predicted molar refractivity (Wildman–Crippen MR) is 97.7 cm³/mol. The van der Waals surface area contributed by atoms with Gasteiger partial charge in [-0.05, 0) is 61.7 Å². The highest BCUT2D eigenvalue weighted by Gasteiger charge is 2.40. The fraction of sp³-hybridized carbons (Fsp3) is 0.350. The van der Waals surface area contributed by atoms with Crippen LogP contribution in [0.2, 0.25) is 0 Å². The molecule has 0 bridgehead atoms. The number of benzene rings is 2. The van der Waals surface area contributed by atoms with Crippen LogP contribution < -0.4 is 5.32 Å². The first kappa shape index (κ1) is 19.5. The smallest absolute Gasteiger partial charge is 0.239 e. The molecule has 0 heterocycles. The number of carbonyl (C=O) groups is 1. The highest BCUT2D eigenvalue weighted by Crippen LogP contribution is 2.39. The second-order valence-electron chi connectivity index (χ2n) is 6.93. The molecule has 0 radical (unpaired) electrons. The van der Waals surface area contributed by atoms with Crippen LogP contribution in [0, 0.1) is 11.6 Å². The average Bonchev–Trinajstić information content (AvgIpc) is 3.11. The van der Waals surface area contributed by atoms with Crippen molar-refractivity contribution in [2.24, 2.45) is 0 Å². The number of halogens is 2. The van der Waals surface area contributed by atoms with Gasteiger partial charge in [0.1, 0.15) is 16.9 Å². The van der Waals surface area contributed by atoms with Crippen molar-refractivity contribution >= 4 is 15.7 Å². The molecule has 0 saturated heterocycles. The molecule has 1 unspecified atom stereocenters. The fourth-order valence-corrected chi connectivity index (χ4v) is 4.80. The molecule has 27 heavy (non-hydrogen) atoms. The van der Waals surface area contributed by atoms with E-state index in [9.17, 15) is 22.0 Å². The van der Waals surface area contributed by atoms with Crippen LogP contribution in [0.3, 0.4) is 0 Å². The zero-order valence-electron chi connectivity index (χ0n) is 14.9. The number of nitrogens with one attached hydrogen (secondary N) is 1. The number of carbonyl (C=O) groups excluding carboxylic acids is 1. The normalized spacial score (nSPS) is 17.4. The lowest BCUT2D eigenvalue weighted by Gasteiger charge is -2.32. The third kappa shape index (κ3) is 3.88. The average molecular weight is 393 g/mol. The third-order valence-electron chi connectivity index (χ3n) is 5.19. The molecule has 0 aliphatic heterocycles. The molecule has 0 spiro atoms. The van der Waals surface area contributed by atoms with Gasteiger partial charge in [-0.2, -0.15) is 0 Å². The summed E-state index contributed by atoms with van der Waals surface area (Å²) in [7, 11) is -3.95. The summed E-state index contributed by atoms with van der Waals surface area (Å²) in [6.07, 6.45) is 3.09. The minimum Gasteiger partial charge on any atom is -0.345 e. The van der Waals surface area contributed by atoms with E-state index in [1.54, 1.807) is 12.1 Å². The van der Waals surface area contributed by atoms with Gasteiger partial charge in [-0.25, -0.2) is 17.2 Å². The number of rotatable bonds is 5. The van der Waals surface area contributed by atoms with Crippen molar-refractivity contribution in [3.8, 4) is 0 Å². The molecule has 2 aromatic rings. The fourth-order valence-electron chi connectivity index (χ4n) is 3.54. The summed E-state index contributed by atoms with van der Waals surface area (Å²) >= 11 is 0. The van der Waals surface area contributed by atoms with Gasteiger partial charge < -0.3 is 5.32 Å². The van der Waals surface area contributed by atoms with Gasteiger partial charge in [-0.15, -0.1) is 0 Å². The van der Waals surface area contributed by atoms with Gasteiger partial charge in [-0.1, -0.05) is 25.0 Å². The van der Waals surface area contributed by atoms with Crippen molar-refractivity contribution in [2.45, 2.75) is 48.3 Å². The Morgan fingerprint density at radius 2 is 1.44 bits per heavy atom. The van der Waals surface area contributed by atoms with E-state index in [-0.39, 0.29) is 10.7 Å². The van der Waals surface area contributed by atoms with Crippen molar-refractivity contribution < 1.29 is 22.0 Å². The summed E-state index contributed by atoms with van der Waals surface area (Å²) in [4.78, 5) is 12.7. The molecule has 1 aliphatic rings. The Bertz CT molecular complexity index is 919. The van der Waals surface area contributed by atoms with E-state index in [0.29, 0.717) is 12.8 Å². The maximum Gasteiger partial charge on any atom is 0.239 e. The van der Waals surface area contributed by atoms with E-state index >= 15 is 0 Å². The molecule has 1 atom stereocenters. The monoisotopic (exact) mass is 393 g/mol. The molecule has 2 aromatic carbocycles. The molecule has 1 saturated carbocycles. The summed E-state index contributed by atoms with van der Waals surface area (Å²) in [5.41, 5.74) is 0.0679. The molecule has 0 aromatic heterocycles. The number of hydrogen-bond donors (Lipinski definition) is 1. The SMILES string of the molecule is CC(C(=O)NC1(c2ccc(F)cc2)CCCC1)S(=O)(=O)c1ccc(F)cc1. The predicted octanol–water partition coefficient (Wildman–Crippen LogP) is 3.71. The second kappa shape index (κ2) is 7.38.